The summed E-state index contributed by atoms with van der Waals surface area (Å²) in [5.41, 5.74) is 4.89. The van der Waals surface area contributed by atoms with Crippen LogP contribution in [-0.2, 0) is 11.4 Å². The van der Waals surface area contributed by atoms with Crippen LogP contribution in [0.5, 0.6) is 5.75 Å². The summed E-state index contributed by atoms with van der Waals surface area (Å²) in [6.45, 7) is 4.31. The minimum Gasteiger partial charge on any atom is -0.487 e. The summed E-state index contributed by atoms with van der Waals surface area (Å²) in [6, 6.07) is 14.3. The maximum Gasteiger partial charge on any atom is 0.335 e. The average molecular weight is 742 g/mol. The number of carboxylic acids is 1. The van der Waals surface area contributed by atoms with Gasteiger partial charge >= 0.3 is 5.97 Å². The fraction of sp³-hybridized carbons (Fsp3) is 0.115. The monoisotopic (exact) mass is 740 g/mol. The Hall–Kier alpha value is -2.15. The smallest absolute Gasteiger partial charge is 0.335 e. The van der Waals surface area contributed by atoms with Crippen LogP contribution >= 0.6 is 66.2 Å². The first kappa shape index (κ1) is 26.9. The van der Waals surface area contributed by atoms with Gasteiger partial charge in [-0.1, -0.05) is 28.1 Å². The van der Waals surface area contributed by atoms with Crippen LogP contribution in [0.1, 0.15) is 32.6 Å². The lowest BCUT2D eigenvalue weighted by Crippen LogP contribution is -2.19. The number of benzene rings is 3. The first-order valence-electron chi connectivity index (χ1n) is 10.6. The molecule has 1 saturated heterocycles. The van der Waals surface area contributed by atoms with Crippen molar-refractivity contribution in [1.82, 2.24) is 5.32 Å². The molecule has 0 spiro atoms. The van der Waals surface area contributed by atoms with E-state index in [9.17, 15) is 9.59 Å². The Balaban J connectivity index is 1.49. The molecule has 0 unspecified atom stereocenters. The van der Waals surface area contributed by atoms with Crippen LogP contribution in [0.3, 0.4) is 0 Å². The molecule has 3 aromatic rings. The predicted molar refractivity (Wildman–Crippen MR) is 159 cm³/mol. The zero-order chi connectivity index (χ0) is 26.0. The number of amidine groups is 1. The van der Waals surface area contributed by atoms with Crippen LogP contribution < -0.4 is 10.1 Å². The number of rotatable bonds is 6. The van der Waals surface area contributed by atoms with Gasteiger partial charge in [0.1, 0.15) is 12.4 Å². The molecule has 0 radical (unpaired) electrons. The summed E-state index contributed by atoms with van der Waals surface area (Å²) in [7, 11) is 0. The third kappa shape index (κ3) is 6.39. The van der Waals surface area contributed by atoms with Gasteiger partial charge in [0.15, 0.2) is 5.17 Å². The number of hydrogen-bond donors (Lipinski definition) is 2. The number of aryl methyl sites for hydroxylation is 2. The molecular formula is C26H19Br2IN2O4S. The van der Waals surface area contributed by atoms with E-state index in [-0.39, 0.29) is 11.5 Å². The van der Waals surface area contributed by atoms with Crippen molar-refractivity contribution < 1.29 is 19.4 Å². The summed E-state index contributed by atoms with van der Waals surface area (Å²) in [4.78, 5) is 28.7. The molecule has 1 heterocycles. The number of aliphatic imine (C=N–C) groups is 1. The first-order valence-corrected chi connectivity index (χ1v) is 14.1. The first-order chi connectivity index (χ1) is 17.1. The number of carbonyl (C=O) groups is 2. The van der Waals surface area contributed by atoms with Gasteiger partial charge in [-0.25, -0.2) is 9.79 Å². The second-order valence-electron chi connectivity index (χ2n) is 7.98. The maximum absolute atomic E-state index is 12.6. The van der Waals surface area contributed by atoms with Gasteiger partial charge in [-0.3, -0.25) is 4.79 Å². The Morgan fingerprint density at radius 2 is 1.81 bits per heavy atom. The molecule has 0 aliphatic carbocycles. The second-order valence-corrected chi connectivity index (χ2v) is 11.8. The number of nitrogens with one attached hydrogen (secondary N) is 1. The van der Waals surface area contributed by atoms with E-state index in [1.54, 1.807) is 24.3 Å². The number of nitrogens with zero attached hydrogens (tertiary/aromatic N) is 1. The van der Waals surface area contributed by atoms with Crippen LogP contribution in [0.15, 0.2) is 67.4 Å². The summed E-state index contributed by atoms with van der Waals surface area (Å²) in [5, 5.41) is 12.4. The van der Waals surface area contributed by atoms with Gasteiger partial charge in [0, 0.05) is 4.47 Å². The highest BCUT2D eigenvalue weighted by atomic mass is 127. The molecule has 3 aromatic carbocycles. The van der Waals surface area contributed by atoms with Gasteiger partial charge in [-0.05, 0) is 129 Å². The number of halogens is 3. The Bertz CT molecular complexity index is 1390. The lowest BCUT2D eigenvalue weighted by atomic mass is 10.1. The van der Waals surface area contributed by atoms with Crippen molar-refractivity contribution >= 4 is 95.0 Å². The third-order valence-electron chi connectivity index (χ3n) is 5.21. The van der Waals surface area contributed by atoms with Crippen LogP contribution in [0.2, 0.25) is 0 Å². The quantitative estimate of drug-likeness (QED) is 0.201. The number of hydrogen-bond acceptors (Lipinski definition) is 5. The Morgan fingerprint density at radius 1 is 1.14 bits per heavy atom. The Morgan fingerprint density at radius 3 is 2.42 bits per heavy atom. The van der Waals surface area contributed by atoms with Gasteiger partial charge in [0.25, 0.3) is 5.91 Å². The van der Waals surface area contributed by atoms with Gasteiger partial charge in [-0.15, -0.1) is 0 Å². The minimum absolute atomic E-state index is 0.194. The van der Waals surface area contributed by atoms with Gasteiger partial charge in [0.2, 0.25) is 0 Å². The Kier molecular flexibility index (Phi) is 8.59. The molecular weight excluding hydrogens is 723 g/mol. The highest BCUT2D eigenvalue weighted by molar-refractivity contribution is 14.1. The zero-order valence-corrected chi connectivity index (χ0v) is 25.2. The molecule has 4 rings (SSSR count). The topological polar surface area (TPSA) is 88.0 Å². The molecule has 6 nitrogen and oxygen atoms in total. The molecule has 1 amide bonds. The molecule has 184 valence electrons. The fourth-order valence-electron chi connectivity index (χ4n) is 3.44. The van der Waals surface area contributed by atoms with Crippen LogP contribution in [0, 0.1) is 17.4 Å². The van der Waals surface area contributed by atoms with E-state index in [1.165, 1.54) is 11.8 Å². The molecule has 0 saturated carbocycles. The zero-order valence-electron chi connectivity index (χ0n) is 19.1. The van der Waals surface area contributed by atoms with Crippen molar-refractivity contribution in [1.29, 1.82) is 0 Å². The highest BCUT2D eigenvalue weighted by Gasteiger charge is 2.24. The molecule has 1 aliphatic heterocycles. The molecule has 1 fully saturated rings. The van der Waals surface area contributed by atoms with Gasteiger partial charge in [0.05, 0.1) is 24.2 Å². The largest absolute Gasteiger partial charge is 0.487 e. The van der Waals surface area contributed by atoms with E-state index in [2.05, 4.69) is 64.8 Å². The SMILES string of the molecule is Cc1cc(N=C2NC(=O)/C(=C/c3cc(Br)c(OCc4ccc(C(=O)O)cc4)c(I)c3)S2)cc(C)c1Br. The lowest BCUT2D eigenvalue weighted by molar-refractivity contribution is -0.115. The average Bonchev–Trinajstić information content (AvgIpc) is 3.15. The van der Waals surface area contributed by atoms with Crippen molar-refractivity contribution in [2.75, 3.05) is 0 Å². The van der Waals surface area contributed by atoms with Crippen molar-refractivity contribution in [3.05, 3.63) is 93.8 Å². The van der Waals surface area contributed by atoms with E-state index in [4.69, 9.17) is 9.84 Å². The van der Waals surface area contributed by atoms with E-state index >= 15 is 0 Å². The number of ether oxygens (including phenoxy) is 1. The summed E-state index contributed by atoms with van der Waals surface area (Å²) < 4.78 is 8.66. The second kappa shape index (κ2) is 11.5. The van der Waals surface area contributed by atoms with Gasteiger partial charge < -0.3 is 15.2 Å². The van der Waals surface area contributed by atoms with Crippen molar-refractivity contribution in [3.8, 4) is 5.75 Å². The van der Waals surface area contributed by atoms with Crippen molar-refractivity contribution in [2.24, 2.45) is 4.99 Å². The maximum atomic E-state index is 12.6. The van der Waals surface area contributed by atoms with Crippen LogP contribution in [0.25, 0.3) is 6.08 Å². The van der Waals surface area contributed by atoms with E-state index < -0.39 is 5.97 Å². The number of carboxylic acid groups (broad SMARTS) is 1. The molecule has 36 heavy (non-hydrogen) atoms. The number of thioether (sulfide) groups is 1. The van der Waals surface area contributed by atoms with E-state index in [0.717, 1.165) is 40.5 Å². The molecule has 1 aliphatic rings. The standard InChI is InChI=1S/C26H19Br2IN2O4S/c1-13-7-18(8-14(2)22(13)28)30-26-31-24(32)21(36-26)11-16-9-19(27)23(20(29)10-16)35-12-15-3-5-17(6-4-15)25(33)34/h3-11H,12H2,1-2H3,(H,33,34)(H,30,31,32)/b21-11-. The molecule has 0 atom stereocenters. The summed E-state index contributed by atoms with van der Waals surface area (Å²) >= 11 is 10.6. The highest BCUT2D eigenvalue weighted by Crippen LogP contribution is 2.35. The van der Waals surface area contributed by atoms with E-state index in [0.29, 0.717) is 22.4 Å². The summed E-state index contributed by atoms with van der Waals surface area (Å²) in [5.74, 6) is -0.483. The third-order valence-corrected chi connectivity index (χ3v) is 8.76. The molecule has 0 aromatic heterocycles. The van der Waals surface area contributed by atoms with Crippen LogP contribution in [-0.4, -0.2) is 22.2 Å². The van der Waals surface area contributed by atoms with E-state index in [1.807, 2.05) is 44.2 Å². The molecule has 0 bridgehead atoms. The van der Waals surface area contributed by atoms with Crippen molar-refractivity contribution in [3.63, 3.8) is 0 Å². The fourth-order valence-corrected chi connectivity index (χ4v) is 6.28. The molecule has 10 heteroatoms. The van der Waals surface area contributed by atoms with Crippen LogP contribution in [0.4, 0.5) is 5.69 Å². The minimum atomic E-state index is -0.963. The molecule has 2 N–H and O–H groups in total. The number of aromatic carboxylic acids is 1. The lowest BCUT2D eigenvalue weighted by Gasteiger charge is -2.12. The number of carbonyl (C=O) groups excluding carboxylic acids is 1. The summed E-state index contributed by atoms with van der Waals surface area (Å²) in [6.07, 6.45) is 1.82. The van der Waals surface area contributed by atoms with Crippen molar-refractivity contribution in [2.45, 2.75) is 20.5 Å². The normalized spacial score (nSPS) is 15.4. The van der Waals surface area contributed by atoms with Gasteiger partial charge in [-0.2, -0.15) is 0 Å². The Labute approximate surface area is 243 Å². The predicted octanol–water partition coefficient (Wildman–Crippen LogP) is 7.60. The number of amides is 1.